The van der Waals surface area contributed by atoms with Crippen molar-refractivity contribution in [1.29, 1.82) is 0 Å². The van der Waals surface area contributed by atoms with E-state index in [0.29, 0.717) is 21.8 Å². The van der Waals surface area contributed by atoms with Gasteiger partial charge in [-0.1, -0.05) is 84.7 Å². The second-order valence-corrected chi connectivity index (χ2v) is 9.82. The van der Waals surface area contributed by atoms with Gasteiger partial charge >= 0.3 is 0 Å². The van der Waals surface area contributed by atoms with E-state index in [1.165, 1.54) is 5.56 Å². The number of benzene rings is 3. The molecule has 4 aromatic rings. The van der Waals surface area contributed by atoms with Crippen molar-refractivity contribution in [2.45, 2.75) is 32.8 Å². The van der Waals surface area contributed by atoms with Crippen LogP contribution < -0.4 is 10.2 Å². The summed E-state index contributed by atoms with van der Waals surface area (Å²) in [6, 6.07) is 20.8. The minimum absolute atomic E-state index is 0.0282. The third-order valence-corrected chi connectivity index (χ3v) is 5.88. The zero-order chi connectivity index (χ0) is 22.2. The number of halogens is 2. The zero-order valence-corrected chi connectivity index (χ0v) is 19.9. The molecule has 0 radical (unpaired) electrons. The molecule has 0 fully saturated rings. The largest absolute Gasteiger partial charge is 0.481 e. The van der Waals surface area contributed by atoms with Gasteiger partial charge in [-0.3, -0.25) is 4.79 Å². The van der Waals surface area contributed by atoms with Crippen molar-refractivity contribution in [2.24, 2.45) is 0 Å². The van der Waals surface area contributed by atoms with E-state index >= 15 is 0 Å². The second-order valence-electron chi connectivity index (χ2n) is 8.47. The summed E-state index contributed by atoms with van der Waals surface area (Å²) in [5.74, 6) is 0.596. The fourth-order valence-corrected chi connectivity index (χ4v) is 3.77. The summed E-state index contributed by atoms with van der Waals surface area (Å²) < 4.78 is 13.2. The molecular formula is C26H22BrClO3. The number of hydrogen-bond acceptors (Lipinski definition) is 3. The van der Waals surface area contributed by atoms with Crippen LogP contribution in [0.4, 0.5) is 0 Å². The first-order chi connectivity index (χ1) is 14.7. The Labute approximate surface area is 194 Å². The summed E-state index contributed by atoms with van der Waals surface area (Å²) in [7, 11) is 0. The molecule has 1 heterocycles. The van der Waals surface area contributed by atoms with E-state index in [9.17, 15) is 4.79 Å². The number of hydrogen-bond donors (Lipinski definition) is 0. The smallest absolute Gasteiger partial charge is 0.235 e. The van der Waals surface area contributed by atoms with Gasteiger partial charge in [0.05, 0.1) is 5.39 Å². The Kier molecular flexibility index (Phi) is 5.96. The van der Waals surface area contributed by atoms with Gasteiger partial charge in [0.1, 0.15) is 12.2 Å². The first kappa shape index (κ1) is 21.7. The summed E-state index contributed by atoms with van der Waals surface area (Å²) in [6.45, 7) is 6.73. The van der Waals surface area contributed by atoms with Crippen LogP contribution in [0.3, 0.4) is 0 Å². The molecule has 0 atom stereocenters. The van der Waals surface area contributed by atoms with Crippen LogP contribution in [0.5, 0.6) is 5.75 Å². The highest BCUT2D eigenvalue weighted by Crippen LogP contribution is 2.33. The minimum Gasteiger partial charge on any atom is -0.481 e. The van der Waals surface area contributed by atoms with Crippen LogP contribution in [-0.4, -0.2) is 0 Å². The fraction of sp³-hybridized carbons (Fsp3) is 0.192. The third kappa shape index (κ3) is 4.70. The van der Waals surface area contributed by atoms with Crippen molar-refractivity contribution in [3.8, 4) is 17.1 Å². The zero-order valence-electron chi connectivity index (χ0n) is 17.5. The second kappa shape index (κ2) is 8.52. The summed E-state index contributed by atoms with van der Waals surface area (Å²) in [4.78, 5) is 13.3. The van der Waals surface area contributed by atoms with E-state index in [1.807, 2.05) is 36.4 Å². The molecule has 0 aliphatic heterocycles. The standard InChI is InChI=1S/C26H22BrClO3/c1-26(2,3)18-8-6-17(7-9-18)24-25(30-15-16-4-10-19(27)11-5-16)23(29)21-14-20(28)12-13-22(21)31-24/h4-14H,15H2,1-3H3. The maximum absolute atomic E-state index is 13.3. The molecular weight excluding hydrogens is 476 g/mol. The number of fused-ring (bicyclic) bond motifs is 1. The van der Waals surface area contributed by atoms with Gasteiger partial charge in [0.15, 0.2) is 5.76 Å². The summed E-state index contributed by atoms with van der Waals surface area (Å²) >= 11 is 9.55. The Balaban J connectivity index is 1.82. The summed E-state index contributed by atoms with van der Waals surface area (Å²) in [5, 5.41) is 0.870. The maximum Gasteiger partial charge on any atom is 0.235 e. The van der Waals surface area contributed by atoms with E-state index in [2.05, 4.69) is 48.8 Å². The monoisotopic (exact) mass is 496 g/mol. The van der Waals surface area contributed by atoms with Crippen molar-refractivity contribution in [1.82, 2.24) is 0 Å². The average Bonchev–Trinajstić information content (AvgIpc) is 2.74. The average molecular weight is 498 g/mol. The Morgan fingerprint density at radius 2 is 1.65 bits per heavy atom. The molecule has 0 saturated carbocycles. The quantitative estimate of drug-likeness (QED) is 0.289. The maximum atomic E-state index is 13.3. The molecule has 0 unspecified atom stereocenters. The molecule has 31 heavy (non-hydrogen) atoms. The van der Waals surface area contributed by atoms with Gasteiger partial charge < -0.3 is 9.15 Å². The molecule has 1 aromatic heterocycles. The van der Waals surface area contributed by atoms with Crippen LogP contribution in [0.1, 0.15) is 31.9 Å². The summed E-state index contributed by atoms with van der Waals surface area (Å²) in [5.41, 5.74) is 3.19. The van der Waals surface area contributed by atoms with E-state index < -0.39 is 0 Å². The lowest BCUT2D eigenvalue weighted by molar-refractivity contribution is 0.298. The van der Waals surface area contributed by atoms with Crippen LogP contribution in [-0.2, 0) is 12.0 Å². The van der Waals surface area contributed by atoms with E-state index in [0.717, 1.165) is 15.6 Å². The van der Waals surface area contributed by atoms with Crippen molar-refractivity contribution in [3.63, 3.8) is 0 Å². The molecule has 0 saturated heterocycles. The van der Waals surface area contributed by atoms with Gasteiger partial charge in [-0.25, -0.2) is 0 Å². The lowest BCUT2D eigenvalue weighted by Crippen LogP contribution is -2.11. The normalized spacial score (nSPS) is 11.6. The van der Waals surface area contributed by atoms with Gasteiger partial charge in [-0.15, -0.1) is 0 Å². The minimum atomic E-state index is -0.240. The Morgan fingerprint density at radius 3 is 2.29 bits per heavy atom. The van der Waals surface area contributed by atoms with Gasteiger partial charge in [0.2, 0.25) is 11.2 Å². The van der Waals surface area contributed by atoms with Crippen molar-refractivity contribution < 1.29 is 9.15 Å². The fourth-order valence-electron chi connectivity index (χ4n) is 3.33. The van der Waals surface area contributed by atoms with Crippen LogP contribution >= 0.6 is 27.5 Å². The van der Waals surface area contributed by atoms with E-state index in [-0.39, 0.29) is 23.2 Å². The van der Waals surface area contributed by atoms with Crippen LogP contribution in [0, 0.1) is 0 Å². The highest BCUT2D eigenvalue weighted by atomic mass is 79.9. The molecule has 0 N–H and O–H groups in total. The van der Waals surface area contributed by atoms with Crippen LogP contribution in [0.2, 0.25) is 5.02 Å². The Hall–Kier alpha value is -2.56. The number of rotatable bonds is 4. The van der Waals surface area contributed by atoms with E-state index in [1.54, 1.807) is 18.2 Å². The van der Waals surface area contributed by atoms with E-state index in [4.69, 9.17) is 20.8 Å². The molecule has 0 aliphatic carbocycles. The molecule has 3 nitrogen and oxygen atoms in total. The van der Waals surface area contributed by atoms with Gasteiger partial charge in [0, 0.05) is 15.1 Å². The first-order valence-corrected chi connectivity index (χ1v) is 11.1. The first-order valence-electron chi connectivity index (χ1n) is 9.97. The van der Waals surface area contributed by atoms with Crippen LogP contribution in [0.15, 0.2) is 80.4 Å². The van der Waals surface area contributed by atoms with Crippen LogP contribution in [0.25, 0.3) is 22.3 Å². The molecule has 3 aromatic carbocycles. The molecule has 5 heteroatoms. The molecule has 0 bridgehead atoms. The van der Waals surface area contributed by atoms with Gasteiger partial charge in [-0.05, 0) is 46.9 Å². The highest BCUT2D eigenvalue weighted by molar-refractivity contribution is 9.10. The van der Waals surface area contributed by atoms with Gasteiger partial charge in [-0.2, -0.15) is 0 Å². The molecule has 158 valence electrons. The Bertz CT molecular complexity index is 1280. The van der Waals surface area contributed by atoms with Gasteiger partial charge in [0.25, 0.3) is 0 Å². The lowest BCUT2D eigenvalue weighted by atomic mass is 9.86. The summed E-state index contributed by atoms with van der Waals surface area (Å²) in [6.07, 6.45) is 0. The van der Waals surface area contributed by atoms with Crippen molar-refractivity contribution in [2.75, 3.05) is 0 Å². The molecule has 0 aliphatic rings. The topological polar surface area (TPSA) is 39.4 Å². The third-order valence-electron chi connectivity index (χ3n) is 5.12. The Morgan fingerprint density at radius 1 is 0.968 bits per heavy atom. The van der Waals surface area contributed by atoms with Crippen molar-refractivity contribution in [3.05, 3.63) is 97.6 Å². The van der Waals surface area contributed by atoms with Crippen molar-refractivity contribution >= 4 is 38.5 Å². The molecule has 0 spiro atoms. The highest BCUT2D eigenvalue weighted by Gasteiger charge is 2.20. The molecule has 4 rings (SSSR count). The predicted molar refractivity (Wildman–Crippen MR) is 130 cm³/mol. The predicted octanol–water partition coefficient (Wildman–Crippen LogP) is 7.75. The number of ether oxygens (including phenoxy) is 1. The molecule has 0 amide bonds. The lowest BCUT2D eigenvalue weighted by Gasteiger charge is -2.19. The SMILES string of the molecule is CC(C)(C)c1ccc(-c2oc3ccc(Cl)cc3c(=O)c2OCc2ccc(Br)cc2)cc1.